The summed E-state index contributed by atoms with van der Waals surface area (Å²) in [5.74, 6) is -0.454. The van der Waals surface area contributed by atoms with Crippen LogP contribution in [0.1, 0.15) is 43.9 Å². The summed E-state index contributed by atoms with van der Waals surface area (Å²) in [5, 5.41) is 3.31. The monoisotopic (exact) mass is 460 g/mol. The molecule has 1 aliphatic heterocycles. The summed E-state index contributed by atoms with van der Waals surface area (Å²) in [7, 11) is 0. The number of hydrogen-bond donors (Lipinski definition) is 2. The molecular formula is C22H29ClN6O3. The number of nitrogens with one attached hydrogen (secondary N) is 1. The first kappa shape index (κ1) is 23.6. The molecule has 0 radical (unpaired) electrons. The maximum Gasteiger partial charge on any atom is 0.410 e. The van der Waals surface area contributed by atoms with Gasteiger partial charge in [0, 0.05) is 37.6 Å². The van der Waals surface area contributed by atoms with E-state index < -0.39 is 11.5 Å². The van der Waals surface area contributed by atoms with Crippen molar-refractivity contribution in [3.8, 4) is 0 Å². The van der Waals surface area contributed by atoms with Crippen LogP contribution in [0.2, 0.25) is 5.15 Å². The normalized spacial score (nSPS) is 14.3. The summed E-state index contributed by atoms with van der Waals surface area (Å²) in [5.41, 5.74) is 7.28. The van der Waals surface area contributed by atoms with Crippen LogP contribution in [0.25, 0.3) is 0 Å². The van der Waals surface area contributed by atoms with Crippen molar-refractivity contribution in [2.24, 2.45) is 5.73 Å². The molecule has 172 valence electrons. The molecule has 3 N–H and O–H groups in total. The number of halogens is 1. The summed E-state index contributed by atoms with van der Waals surface area (Å²) >= 11 is 6.16. The van der Waals surface area contributed by atoms with Crippen LogP contribution >= 0.6 is 11.6 Å². The molecule has 0 unspecified atom stereocenters. The summed E-state index contributed by atoms with van der Waals surface area (Å²) in [6, 6.07) is 7.68. The fourth-order valence-corrected chi connectivity index (χ4v) is 3.56. The predicted molar refractivity (Wildman–Crippen MR) is 125 cm³/mol. The standard InChI is InChI=1S/C22H29ClN6O3/c1-5-16-18(23)27-20(17(26-16)19(24)30)25-14-6-8-15(9-7-14)28-10-12-29(13-11-28)21(31)32-22(2,3)4/h6-9H,5,10-13H2,1-4H3,(H2,24,30)(H,25,27). The Bertz CT molecular complexity index is 982. The third-order valence-corrected chi connectivity index (χ3v) is 5.22. The quantitative estimate of drug-likeness (QED) is 0.700. The molecule has 0 atom stereocenters. The van der Waals surface area contributed by atoms with Crippen molar-refractivity contribution in [3.63, 3.8) is 0 Å². The summed E-state index contributed by atoms with van der Waals surface area (Å²) < 4.78 is 5.45. The van der Waals surface area contributed by atoms with E-state index in [1.165, 1.54) is 0 Å². The second kappa shape index (κ2) is 9.60. The van der Waals surface area contributed by atoms with Gasteiger partial charge in [0.15, 0.2) is 16.7 Å². The summed E-state index contributed by atoms with van der Waals surface area (Å²) in [4.78, 5) is 36.5. The van der Waals surface area contributed by atoms with Gasteiger partial charge in [0.05, 0.1) is 5.69 Å². The number of nitrogens with zero attached hydrogens (tertiary/aromatic N) is 4. The van der Waals surface area contributed by atoms with Gasteiger partial charge in [0.1, 0.15) is 5.60 Å². The number of ether oxygens (including phenoxy) is 1. The Morgan fingerprint density at radius 1 is 1.12 bits per heavy atom. The van der Waals surface area contributed by atoms with Crippen LogP contribution in [-0.2, 0) is 11.2 Å². The largest absolute Gasteiger partial charge is 0.444 e. The molecular weight excluding hydrogens is 432 g/mol. The number of carbonyl (C=O) groups is 2. The molecule has 0 aliphatic carbocycles. The van der Waals surface area contributed by atoms with Crippen LogP contribution in [0, 0.1) is 0 Å². The lowest BCUT2D eigenvalue weighted by atomic mass is 10.2. The van der Waals surface area contributed by atoms with E-state index in [2.05, 4.69) is 20.2 Å². The van der Waals surface area contributed by atoms with E-state index in [4.69, 9.17) is 22.1 Å². The van der Waals surface area contributed by atoms with Gasteiger partial charge >= 0.3 is 6.09 Å². The topological polar surface area (TPSA) is 114 Å². The van der Waals surface area contributed by atoms with Crippen molar-refractivity contribution in [1.29, 1.82) is 0 Å². The summed E-state index contributed by atoms with van der Waals surface area (Å²) in [6.45, 7) is 10.1. The minimum Gasteiger partial charge on any atom is -0.444 e. The van der Waals surface area contributed by atoms with Gasteiger partial charge in [-0.15, -0.1) is 0 Å². The number of hydrogen-bond acceptors (Lipinski definition) is 7. The first-order valence-corrected chi connectivity index (χ1v) is 10.9. The number of aryl methyl sites for hydroxylation is 1. The molecule has 0 bridgehead atoms. The van der Waals surface area contributed by atoms with Crippen LogP contribution < -0.4 is 16.0 Å². The number of benzene rings is 1. The third-order valence-electron chi connectivity index (χ3n) is 4.91. The van der Waals surface area contributed by atoms with Crippen molar-refractivity contribution in [2.75, 3.05) is 36.4 Å². The molecule has 0 spiro atoms. The number of piperazine rings is 1. The average Bonchev–Trinajstić information content (AvgIpc) is 2.73. The maximum atomic E-state index is 12.2. The Morgan fingerprint density at radius 2 is 1.75 bits per heavy atom. The predicted octanol–water partition coefficient (Wildman–Crippen LogP) is 3.59. The van der Waals surface area contributed by atoms with Gasteiger partial charge in [0.2, 0.25) is 0 Å². The van der Waals surface area contributed by atoms with Crippen LogP contribution in [-0.4, -0.2) is 58.6 Å². The van der Waals surface area contributed by atoms with Gasteiger partial charge in [-0.05, 0) is 51.5 Å². The van der Waals surface area contributed by atoms with E-state index in [-0.39, 0.29) is 22.8 Å². The summed E-state index contributed by atoms with van der Waals surface area (Å²) in [6.07, 6.45) is 0.262. The van der Waals surface area contributed by atoms with Gasteiger partial charge in [0.25, 0.3) is 5.91 Å². The number of anilines is 3. The van der Waals surface area contributed by atoms with Crippen molar-refractivity contribution in [3.05, 3.63) is 40.8 Å². The van der Waals surface area contributed by atoms with E-state index in [0.29, 0.717) is 38.3 Å². The van der Waals surface area contributed by atoms with Gasteiger partial charge in [-0.1, -0.05) is 18.5 Å². The maximum absolute atomic E-state index is 12.2. The van der Waals surface area contributed by atoms with E-state index in [1.54, 1.807) is 4.90 Å². The van der Waals surface area contributed by atoms with E-state index in [9.17, 15) is 9.59 Å². The van der Waals surface area contributed by atoms with E-state index in [0.717, 1.165) is 11.4 Å². The minimum atomic E-state index is -0.675. The van der Waals surface area contributed by atoms with Gasteiger partial charge in [-0.25, -0.2) is 14.8 Å². The van der Waals surface area contributed by atoms with Gasteiger partial charge < -0.3 is 25.6 Å². The molecule has 32 heavy (non-hydrogen) atoms. The average molecular weight is 461 g/mol. The molecule has 9 nitrogen and oxygen atoms in total. The lowest BCUT2D eigenvalue weighted by Gasteiger charge is -2.36. The van der Waals surface area contributed by atoms with Crippen LogP contribution in [0.5, 0.6) is 0 Å². The van der Waals surface area contributed by atoms with Gasteiger partial charge in [-0.3, -0.25) is 4.79 Å². The molecule has 2 aromatic rings. The Balaban J connectivity index is 1.65. The molecule has 3 rings (SSSR count). The van der Waals surface area contributed by atoms with Crippen molar-refractivity contribution >= 4 is 40.8 Å². The lowest BCUT2D eigenvalue weighted by molar-refractivity contribution is 0.0240. The number of aromatic nitrogens is 2. The van der Waals surface area contributed by atoms with E-state index >= 15 is 0 Å². The molecule has 2 amide bonds. The van der Waals surface area contributed by atoms with Crippen molar-refractivity contribution < 1.29 is 14.3 Å². The number of nitrogens with two attached hydrogens (primary N) is 1. The zero-order valence-corrected chi connectivity index (χ0v) is 19.6. The van der Waals surface area contributed by atoms with Crippen molar-refractivity contribution in [1.82, 2.24) is 14.9 Å². The number of amides is 2. The van der Waals surface area contributed by atoms with E-state index in [1.807, 2.05) is 52.0 Å². The Morgan fingerprint density at radius 3 is 2.28 bits per heavy atom. The third kappa shape index (κ3) is 5.79. The molecule has 1 fully saturated rings. The minimum absolute atomic E-state index is 0.0496. The number of carbonyl (C=O) groups excluding carboxylic acids is 2. The fourth-order valence-electron chi connectivity index (χ4n) is 3.30. The van der Waals surface area contributed by atoms with Crippen LogP contribution in [0.4, 0.5) is 22.0 Å². The Labute approximate surface area is 192 Å². The molecule has 1 aromatic heterocycles. The number of primary amides is 1. The Kier molecular flexibility index (Phi) is 7.08. The SMILES string of the molecule is CCc1nc(C(N)=O)c(Nc2ccc(N3CCN(C(=O)OC(C)(C)C)CC3)cc2)nc1Cl. The molecule has 1 aromatic carbocycles. The van der Waals surface area contributed by atoms with Crippen LogP contribution in [0.3, 0.4) is 0 Å². The second-order valence-corrected chi connectivity index (χ2v) is 8.86. The highest BCUT2D eigenvalue weighted by Crippen LogP contribution is 2.25. The molecule has 1 aliphatic rings. The first-order chi connectivity index (χ1) is 15.1. The smallest absolute Gasteiger partial charge is 0.410 e. The number of rotatable bonds is 5. The first-order valence-electron chi connectivity index (χ1n) is 10.5. The molecule has 0 saturated carbocycles. The highest BCUT2D eigenvalue weighted by molar-refractivity contribution is 6.30. The van der Waals surface area contributed by atoms with Crippen molar-refractivity contribution in [2.45, 2.75) is 39.7 Å². The Hall–Kier alpha value is -3.07. The zero-order chi connectivity index (χ0) is 23.5. The highest BCUT2D eigenvalue weighted by atomic mass is 35.5. The molecule has 1 saturated heterocycles. The fraction of sp³-hybridized carbons (Fsp3) is 0.455. The lowest BCUT2D eigenvalue weighted by Crippen LogP contribution is -2.50. The second-order valence-electron chi connectivity index (χ2n) is 8.50. The van der Waals surface area contributed by atoms with Crippen LogP contribution in [0.15, 0.2) is 24.3 Å². The van der Waals surface area contributed by atoms with Gasteiger partial charge in [-0.2, -0.15) is 0 Å². The molecule has 2 heterocycles. The zero-order valence-electron chi connectivity index (χ0n) is 18.8. The highest BCUT2D eigenvalue weighted by Gasteiger charge is 2.26. The molecule has 10 heteroatoms.